The summed E-state index contributed by atoms with van der Waals surface area (Å²) in [5.74, 6) is 2.09. The molecule has 0 unspecified atom stereocenters. The lowest BCUT2D eigenvalue weighted by molar-refractivity contribution is 0.480. The molecule has 2 rings (SSSR count). The predicted octanol–water partition coefficient (Wildman–Crippen LogP) is 4.53. The van der Waals surface area contributed by atoms with Crippen LogP contribution in [0.4, 0.5) is 0 Å². The number of rotatable bonds is 5. The molecule has 0 heterocycles. The minimum atomic E-state index is -0.00132. The zero-order valence-electron chi connectivity index (χ0n) is 11.0. The van der Waals surface area contributed by atoms with E-state index in [1.165, 1.54) is 0 Å². The summed E-state index contributed by atoms with van der Waals surface area (Å²) in [5, 5.41) is 8.36. The first-order chi connectivity index (χ1) is 9.61. The van der Waals surface area contributed by atoms with Gasteiger partial charge in [0.25, 0.3) is 0 Å². The molecule has 0 aliphatic carbocycles. The molecule has 104 valence electrons. The van der Waals surface area contributed by atoms with Crippen molar-refractivity contribution in [3.63, 3.8) is 0 Å². The van der Waals surface area contributed by atoms with E-state index in [0.717, 1.165) is 10.6 Å². The van der Waals surface area contributed by atoms with Crippen molar-refractivity contribution in [2.75, 3.05) is 5.75 Å². The molecule has 3 N–H and O–H groups in total. The number of benzene rings is 2. The van der Waals surface area contributed by atoms with E-state index < -0.39 is 0 Å². The number of amidine groups is 1. The lowest BCUT2D eigenvalue weighted by atomic mass is 10.2. The molecule has 0 spiro atoms. The van der Waals surface area contributed by atoms with Crippen LogP contribution in [0.5, 0.6) is 11.5 Å². The molecule has 2 aromatic carbocycles. The summed E-state index contributed by atoms with van der Waals surface area (Å²) in [6, 6.07) is 12.8. The number of ether oxygens (including phenoxy) is 1. The van der Waals surface area contributed by atoms with Crippen LogP contribution < -0.4 is 10.5 Å². The smallest absolute Gasteiger partial charge is 0.139 e. The van der Waals surface area contributed by atoms with Gasteiger partial charge < -0.3 is 10.5 Å². The number of thioether (sulfide) groups is 1. The molecule has 0 aromatic heterocycles. The highest BCUT2D eigenvalue weighted by Crippen LogP contribution is 2.33. The zero-order chi connectivity index (χ0) is 14.5. The fraction of sp³-hybridized carbons (Fsp3) is 0.133. The molecular weight excluding hydrogens is 292 g/mol. The Balaban J connectivity index is 2.40. The van der Waals surface area contributed by atoms with Gasteiger partial charge in [-0.15, -0.1) is 11.8 Å². The molecular formula is C15H15ClN2OS. The summed E-state index contributed by atoms with van der Waals surface area (Å²) in [6.07, 6.45) is 0. The van der Waals surface area contributed by atoms with Crippen molar-refractivity contribution in [3.8, 4) is 11.5 Å². The molecule has 0 fully saturated rings. The fourth-order valence-electron chi connectivity index (χ4n) is 1.79. The van der Waals surface area contributed by atoms with Gasteiger partial charge in [0.15, 0.2) is 0 Å². The topological polar surface area (TPSA) is 59.1 Å². The number of halogens is 1. The number of nitrogen functional groups attached to an aromatic ring is 1. The molecule has 0 radical (unpaired) electrons. The monoisotopic (exact) mass is 306 g/mol. The molecule has 5 heteroatoms. The van der Waals surface area contributed by atoms with Crippen LogP contribution in [-0.2, 0) is 0 Å². The van der Waals surface area contributed by atoms with Gasteiger partial charge in [-0.2, -0.15) is 0 Å². The summed E-state index contributed by atoms with van der Waals surface area (Å²) in [7, 11) is 0. The average Bonchev–Trinajstić information content (AvgIpc) is 2.39. The van der Waals surface area contributed by atoms with Crippen LogP contribution in [0.1, 0.15) is 12.5 Å². The first-order valence-corrected chi connectivity index (χ1v) is 7.51. The van der Waals surface area contributed by atoms with Crippen molar-refractivity contribution in [1.29, 1.82) is 5.41 Å². The Morgan fingerprint density at radius 1 is 1.30 bits per heavy atom. The van der Waals surface area contributed by atoms with E-state index in [-0.39, 0.29) is 5.84 Å². The lowest BCUT2D eigenvalue weighted by Gasteiger charge is -2.14. The Morgan fingerprint density at radius 2 is 2.05 bits per heavy atom. The maximum atomic E-state index is 7.76. The third-order valence-corrected chi connectivity index (χ3v) is 3.76. The molecule has 0 bridgehead atoms. The normalized spacial score (nSPS) is 10.3. The van der Waals surface area contributed by atoms with Crippen molar-refractivity contribution in [3.05, 3.63) is 53.1 Å². The van der Waals surface area contributed by atoms with E-state index in [4.69, 9.17) is 27.5 Å². The van der Waals surface area contributed by atoms with E-state index in [1.807, 2.05) is 24.3 Å². The van der Waals surface area contributed by atoms with Gasteiger partial charge in [0.1, 0.15) is 17.3 Å². The van der Waals surface area contributed by atoms with Gasteiger partial charge in [-0.1, -0.05) is 30.7 Å². The van der Waals surface area contributed by atoms with Crippen LogP contribution in [0, 0.1) is 5.41 Å². The summed E-state index contributed by atoms with van der Waals surface area (Å²) in [4.78, 5) is 0.944. The highest BCUT2D eigenvalue weighted by Gasteiger charge is 2.13. The van der Waals surface area contributed by atoms with Crippen LogP contribution in [0.15, 0.2) is 47.4 Å². The predicted molar refractivity (Wildman–Crippen MR) is 85.4 cm³/mol. The van der Waals surface area contributed by atoms with Crippen LogP contribution in [0.25, 0.3) is 0 Å². The van der Waals surface area contributed by atoms with Crippen molar-refractivity contribution in [2.24, 2.45) is 5.73 Å². The van der Waals surface area contributed by atoms with Crippen LogP contribution in [0.2, 0.25) is 5.02 Å². The molecule has 2 aromatic rings. The maximum absolute atomic E-state index is 7.76. The fourth-order valence-corrected chi connectivity index (χ4v) is 2.82. The number of nitrogens with one attached hydrogen (secondary N) is 1. The molecule has 0 saturated heterocycles. The van der Waals surface area contributed by atoms with Crippen molar-refractivity contribution in [2.45, 2.75) is 11.8 Å². The average molecular weight is 307 g/mol. The highest BCUT2D eigenvalue weighted by molar-refractivity contribution is 7.99. The van der Waals surface area contributed by atoms with Crippen molar-refractivity contribution >= 4 is 29.2 Å². The van der Waals surface area contributed by atoms with E-state index in [0.29, 0.717) is 22.1 Å². The molecule has 3 nitrogen and oxygen atoms in total. The number of nitrogens with two attached hydrogens (primary N) is 1. The van der Waals surface area contributed by atoms with Crippen LogP contribution >= 0.6 is 23.4 Å². The lowest BCUT2D eigenvalue weighted by Crippen LogP contribution is -2.13. The van der Waals surface area contributed by atoms with Gasteiger partial charge in [0.2, 0.25) is 0 Å². The highest BCUT2D eigenvalue weighted by atomic mass is 35.5. The van der Waals surface area contributed by atoms with E-state index in [2.05, 4.69) is 6.92 Å². The second kappa shape index (κ2) is 6.68. The molecule has 0 atom stereocenters. The van der Waals surface area contributed by atoms with Gasteiger partial charge in [0, 0.05) is 9.92 Å². The minimum absolute atomic E-state index is 0.00132. The second-order valence-electron chi connectivity index (χ2n) is 4.04. The van der Waals surface area contributed by atoms with Gasteiger partial charge in [-0.3, -0.25) is 5.41 Å². The van der Waals surface area contributed by atoms with Gasteiger partial charge >= 0.3 is 0 Å². The van der Waals surface area contributed by atoms with Crippen molar-refractivity contribution < 1.29 is 4.74 Å². The molecule has 0 aliphatic heterocycles. The van der Waals surface area contributed by atoms with Crippen molar-refractivity contribution in [1.82, 2.24) is 0 Å². The summed E-state index contributed by atoms with van der Waals surface area (Å²) >= 11 is 7.57. The molecule has 0 amide bonds. The quantitative estimate of drug-likeness (QED) is 0.485. The largest absolute Gasteiger partial charge is 0.457 e. The third kappa shape index (κ3) is 3.46. The Labute approximate surface area is 127 Å². The maximum Gasteiger partial charge on any atom is 0.139 e. The Morgan fingerprint density at radius 3 is 2.70 bits per heavy atom. The number of hydrogen-bond acceptors (Lipinski definition) is 3. The van der Waals surface area contributed by atoms with Gasteiger partial charge in [0.05, 0.1) is 5.56 Å². The van der Waals surface area contributed by atoms with Crippen LogP contribution in [0.3, 0.4) is 0 Å². The summed E-state index contributed by atoms with van der Waals surface area (Å²) < 4.78 is 5.82. The Hall–Kier alpha value is -1.65. The summed E-state index contributed by atoms with van der Waals surface area (Å²) in [6.45, 7) is 2.05. The number of hydrogen-bond donors (Lipinski definition) is 2. The Kier molecular flexibility index (Phi) is 4.93. The summed E-state index contributed by atoms with van der Waals surface area (Å²) in [5.41, 5.74) is 6.32. The minimum Gasteiger partial charge on any atom is -0.457 e. The first kappa shape index (κ1) is 14.8. The Bertz CT molecular complexity index is 631. The standard InChI is InChI=1S/C15H15ClN2OS/c1-2-20-13-8-4-7-12(14(13)15(17)18)19-11-6-3-5-10(16)9-11/h3-9H,2H2,1H3,(H3,17,18). The SMILES string of the molecule is CCSc1cccc(Oc2cccc(Cl)c2)c1C(=N)N. The molecule has 20 heavy (non-hydrogen) atoms. The molecule has 0 saturated carbocycles. The van der Waals surface area contributed by atoms with E-state index in [1.54, 1.807) is 30.0 Å². The van der Waals surface area contributed by atoms with E-state index >= 15 is 0 Å². The molecule has 0 aliphatic rings. The first-order valence-electron chi connectivity index (χ1n) is 6.15. The second-order valence-corrected chi connectivity index (χ2v) is 5.78. The van der Waals surface area contributed by atoms with Gasteiger partial charge in [-0.25, -0.2) is 0 Å². The third-order valence-electron chi connectivity index (χ3n) is 2.58. The van der Waals surface area contributed by atoms with Gasteiger partial charge in [-0.05, 0) is 36.1 Å². The van der Waals surface area contributed by atoms with E-state index in [9.17, 15) is 0 Å². The van der Waals surface area contributed by atoms with Crippen LogP contribution in [-0.4, -0.2) is 11.6 Å². The zero-order valence-corrected chi connectivity index (χ0v) is 12.6.